The molecule has 1 unspecified atom stereocenters. The van der Waals surface area contributed by atoms with Crippen LogP contribution in [0.5, 0.6) is 5.75 Å². The molecule has 0 fully saturated rings. The maximum atomic E-state index is 9.83. The summed E-state index contributed by atoms with van der Waals surface area (Å²) in [5, 5.41) is 9.83. The molecular formula is C17H28O2. The molecule has 0 heterocycles. The molecule has 1 rings (SSSR count). The first-order chi connectivity index (χ1) is 9.33. The van der Waals surface area contributed by atoms with E-state index in [1.807, 2.05) is 30.3 Å². The van der Waals surface area contributed by atoms with Crippen molar-refractivity contribution in [3.8, 4) is 5.75 Å². The van der Waals surface area contributed by atoms with Crippen molar-refractivity contribution in [3.63, 3.8) is 0 Å². The van der Waals surface area contributed by atoms with E-state index in [0.717, 1.165) is 18.6 Å². The molecule has 0 aliphatic heterocycles. The number of benzene rings is 1. The van der Waals surface area contributed by atoms with Gasteiger partial charge in [-0.1, -0.05) is 70.1 Å². The minimum absolute atomic E-state index is 0.337. The van der Waals surface area contributed by atoms with Crippen molar-refractivity contribution >= 4 is 0 Å². The van der Waals surface area contributed by atoms with Crippen molar-refractivity contribution < 1.29 is 9.84 Å². The van der Waals surface area contributed by atoms with Crippen molar-refractivity contribution in [2.45, 2.75) is 64.4 Å². The highest BCUT2D eigenvalue weighted by Crippen LogP contribution is 2.12. The smallest absolute Gasteiger partial charge is 0.119 e. The predicted octanol–water partition coefficient (Wildman–Crippen LogP) is 4.57. The molecule has 108 valence electrons. The van der Waals surface area contributed by atoms with E-state index in [9.17, 15) is 5.11 Å². The fraction of sp³-hybridized carbons (Fsp3) is 0.647. The molecule has 0 bridgehead atoms. The van der Waals surface area contributed by atoms with Gasteiger partial charge in [-0.25, -0.2) is 0 Å². The van der Waals surface area contributed by atoms with Crippen LogP contribution in [0.2, 0.25) is 0 Å². The number of aliphatic hydroxyl groups is 1. The number of unbranched alkanes of at least 4 members (excludes halogenated alkanes) is 6. The van der Waals surface area contributed by atoms with Gasteiger partial charge in [0.05, 0.1) is 6.10 Å². The second-order valence-electron chi connectivity index (χ2n) is 5.19. The van der Waals surface area contributed by atoms with Gasteiger partial charge in [-0.3, -0.25) is 0 Å². The molecule has 0 radical (unpaired) electrons. The molecule has 2 heteroatoms. The maximum Gasteiger partial charge on any atom is 0.119 e. The lowest BCUT2D eigenvalue weighted by Gasteiger charge is -2.12. The van der Waals surface area contributed by atoms with E-state index >= 15 is 0 Å². The highest BCUT2D eigenvalue weighted by Gasteiger charge is 2.04. The van der Waals surface area contributed by atoms with Crippen LogP contribution in [0.25, 0.3) is 0 Å². The molecule has 19 heavy (non-hydrogen) atoms. The van der Waals surface area contributed by atoms with Crippen LogP contribution < -0.4 is 4.74 Å². The van der Waals surface area contributed by atoms with Crippen molar-refractivity contribution in [3.05, 3.63) is 30.3 Å². The predicted molar refractivity (Wildman–Crippen MR) is 80.6 cm³/mol. The Morgan fingerprint density at radius 1 is 0.947 bits per heavy atom. The monoisotopic (exact) mass is 264 g/mol. The van der Waals surface area contributed by atoms with E-state index in [4.69, 9.17) is 4.74 Å². The number of aliphatic hydroxyl groups excluding tert-OH is 1. The lowest BCUT2D eigenvalue weighted by molar-refractivity contribution is 0.0975. The van der Waals surface area contributed by atoms with Gasteiger partial charge in [0.1, 0.15) is 12.4 Å². The van der Waals surface area contributed by atoms with Crippen LogP contribution in [0.3, 0.4) is 0 Å². The lowest BCUT2D eigenvalue weighted by atomic mass is 10.1. The molecule has 1 N–H and O–H groups in total. The summed E-state index contributed by atoms with van der Waals surface area (Å²) in [5.41, 5.74) is 0. The van der Waals surface area contributed by atoms with Gasteiger partial charge >= 0.3 is 0 Å². The molecule has 0 saturated heterocycles. The van der Waals surface area contributed by atoms with Gasteiger partial charge < -0.3 is 9.84 Å². The molecule has 0 spiro atoms. The Bertz CT molecular complexity index is 297. The third kappa shape index (κ3) is 8.66. The highest BCUT2D eigenvalue weighted by atomic mass is 16.5. The molecule has 0 aromatic heterocycles. The summed E-state index contributed by atoms with van der Waals surface area (Å²) >= 11 is 0. The van der Waals surface area contributed by atoms with Gasteiger partial charge in [0, 0.05) is 0 Å². The first-order valence-corrected chi connectivity index (χ1v) is 7.69. The van der Waals surface area contributed by atoms with Crippen molar-refractivity contribution in [1.29, 1.82) is 0 Å². The number of para-hydroxylation sites is 1. The maximum absolute atomic E-state index is 9.83. The molecule has 0 aliphatic carbocycles. The summed E-state index contributed by atoms with van der Waals surface area (Å²) in [6, 6.07) is 9.68. The van der Waals surface area contributed by atoms with E-state index < -0.39 is 0 Å². The Balaban J connectivity index is 1.95. The molecule has 2 nitrogen and oxygen atoms in total. The quantitative estimate of drug-likeness (QED) is 0.593. The summed E-state index contributed by atoms with van der Waals surface area (Å²) in [4.78, 5) is 0. The van der Waals surface area contributed by atoms with Crippen molar-refractivity contribution in [2.75, 3.05) is 6.61 Å². The first kappa shape index (κ1) is 16.0. The van der Waals surface area contributed by atoms with E-state index in [2.05, 4.69) is 6.92 Å². The molecule has 1 aromatic carbocycles. The summed E-state index contributed by atoms with van der Waals surface area (Å²) < 4.78 is 5.53. The fourth-order valence-electron chi connectivity index (χ4n) is 2.13. The Kier molecular flexibility index (Phi) is 9.17. The fourth-order valence-corrected chi connectivity index (χ4v) is 2.13. The third-order valence-electron chi connectivity index (χ3n) is 3.33. The summed E-state index contributed by atoms with van der Waals surface area (Å²) in [7, 11) is 0. The molecule has 0 aliphatic rings. The van der Waals surface area contributed by atoms with E-state index in [1.165, 1.54) is 38.5 Å². The lowest BCUT2D eigenvalue weighted by Crippen LogP contribution is -2.17. The summed E-state index contributed by atoms with van der Waals surface area (Å²) in [5.74, 6) is 0.834. The standard InChI is InChI=1S/C17H28O2/c1-2-3-4-5-6-7-9-12-16(18)15-19-17-13-10-8-11-14-17/h8,10-11,13-14,16,18H,2-7,9,12,15H2,1H3. The van der Waals surface area contributed by atoms with E-state index in [-0.39, 0.29) is 6.10 Å². The molecule has 1 aromatic rings. The molecule has 0 saturated carbocycles. The van der Waals surface area contributed by atoms with Gasteiger partial charge in [-0.2, -0.15) is 0 Å². The second-order valence-corrected chi connectivity index (χ2v) is 5.19. The molecule has 0 amide bonds. The number of hydrogen-bond donors (Lipinski definition) is 1. The van der Waals surface area contributed by atoms with Crippen LogP contribution in [0.15, 0.2) is 30.3 Å². The number of hydrogen-bond acceptors (Lipinski definition) is 2. The first-order valence-electron chi connectivity index (χ1n) is 7.69. The molecular weight excluding hydrogens is 236 g/mol. The van der Waals surface area contributed by atoms with Crippen LogP contribution in [0.4, 0.5) is 0 Å². The van der Waals surface area contributed by atoms with Crippen LogP contribution >= 0.6 is 0 Å². The Morgan fingerprint density at radius 3 is 2.26 bits per heavy atom. The Labute approximate surface area is 117 Å². The van der Waals surface area contributed by atoms with Crippen LogP contribution in [0.1, 0.15) is 58.3 Å². The number of ether oxygens (including phenoxy) is 1. The van der Waals surface area contributed by atoms with Gasteiger partial charge in [0.2, 0.25) is 0 Å². The molecule has 1 atom stereocenters. The van der Waals surface area contributed by atoms with Crippen LogP contribution in [-0.4, -0.2) is 17.8 Å². The highest BCUT2D eigenvalue weighted by molar-refractivity contribution is 5.20. The minimum Gasteiger partial charge on any atom is -0.491 e. The number of rotatable bonds is 11. The van der Waals surface area contributed by atoms with Crippen LogP contribution in [0, 0.1) is 0 Å². The normalized spacial score (nSPS) is 12.3. The summed E-state index contributed by atoms with van der Waals surface area (Å²) in [6.07, 6.45) is 9.49. The van der Waals surface area contributed by atoms with Crippen molar-refractivity contribution in [2.24, 2.45) is 0 Å². The zero-order valence-corrected chi connectivity index (χ0v) is 12.2. The minimum atomic E-state index is -0.337. The Hall–Kier alpha value is -1.02. The van der Waals surface area contributed by atoms with Gasteiger partial charge in [-0.05, 0) is 18.6 Å². The zero-order chi connectivity index (χ0) is 13.8. The Morgan fingerprint density at radius 2 is 1.58 bits per heavy atom. The largest absolute Gasteiger partial charge is 0.491 e. The van der Waals surface area contributed by atoms with Gasteiger partial charge in [0.15, 0.2) is 0 Å². The average Bonchev–Trinajstić information content (AvgIpc) is 2.45. The van der Waals surface area contributed by atoms with Gasteiger partial charge in [0.25, 0.3) is 0 Å². The van der Waals surface area contributed by atoms with E-state index in [0.29, 0.717) is 6.61 Å². The zero-order valence-electron chi connectivity index (χ0n) is 12.2. The topological polar surface area (TPSA) is 29.5 Å². The summed E-state index contributed by atoms with van der Waals surface area (Å²) in [6.45, 7) is 2.64. The SMILES string of the molecule is CCCCCCCCCC(O)COc1ccccc1. The van der Waals surface area contributed by atoms with Crippen molar-refractivity contribution in [1.82, 2.24) is 0 Å². The second kappa shape index (κ2) is 10.9. The van der Waals surface area contributed by atoms with Gasteiger partial charge in [-0.15, -0.1) is 0 Å². The van der Waals surface area contributed by atoms with E-state index in [1.54, 1.807) is 0 Å². The third-order valence-corrected chi connectivity index (χ3v) is 3.33. The van der Waals surface area contributed by atoms with Crippen LogP contribution in [-0.2, 0) is 0 Å². The average molecular weight is 264 g/mol.